The normalized spacial score (nSPS) is 10.5. The summed E-state index contributed by atoms with van der Waals surface area (Å²) in [6.45, 7) is 6.93. The molecular weight excluding hydrogens is 214 g/mol. The van der Waals surface area contributed by atoms with Crippen LogP contribution in [0.5, 0.6) is 0 Å². The second-order valence-electron chi connectivity index (χ2n) is 3.95. The molecule has 4 nitrogen and oxygen atoms in total. The molecule has 0 heterocycles. The van der Waals surface area contributed by atoms with Crippen LogP contribution in [0.25, 0.3) is 0 Å². The summed E-state index contributed by atoms with van der Waals surface area (Å²) >= 11 is 0. The van der Waals surface area contributed by atoms with Crippen LogP contribution in [-0.4, -0.2) is 30.4 Å². The maximum Gasteiger partial charge on any atom is 0.225 e. The average molecular weight is 235 g/mol. The zero-order valence-corrected chi connectivity index (χ0v) is 10.6. The minimum Gasteiger partial charge on any atom is -0.399 e. The third kappa shape index (κ3) is 4.87. The monoisotopic (exact) mass is 235 g/mol. The molecule has 0 atom stereocenters. The Morgan fingerprint density at radius 1 is 1.35 bits per heavy atom. The zero-order chi connectivity index (χ0) is 12.7. The van der Waals surface area contributed by atoms with E-state index in [1.807, 2.05) is 12.1 Å². The predicted octanol–water partition coefficient (Wildman–Crippen LogP) is 1.94. The van der Waals surface area contributed by atoms with Gasteiger partial charge in [0.2, 0.25) is 5.91 Å². The van der Waals surface area contributed by atoms with Gasteiger partial charge in [0.1, 0.15) is 0 Å². The topological polar surface area (TPSA) is 58.4 Å². The highest BCUT2D eigenvalue weighted by atomic mass is 16.1. The van der Waals surface area contributed by atoms with Crippen LogP contribution in [0.4, 0.5) is 11.4 Å². The van der Waals surface area contributed by atoms with E-state index in [1.165, 1.54) is 0 Å². The Morgan fingerprint density at radius 3 is 2.65 bits per heavy atom. The number of carbonyl (C=O) groups is 1. The Kier molecular flexibility index (Phi) is 5.49. The molecule has 0 aliphatic rings. The van der Waals surface area contributed by atoms with Crippen LogP contribution in [0.3, 0.4) is 0 Å². The van der Waals surface area contributed by atoms with Crippen molar-refractivity contribution in [2.24, 2.45) is 0 Å². The van der Waals surface area contributed by atoms with Crippen LogP contribution in [-0.2, 0) is 4.79 Å². The van der Waals surface area contributed by atoms with Crippen molar-refractivity contribution in [3.8, 4) is 0 Å². The highest BCUT2D eigenvalue weighted by Gasteiger charge is 2.05. The van der Waals surface area contributed by atoms with Crippen molar-refractivity contribution >= 4 is 17.3 Å². The largest absolute Gasteiger partial charge is 0.399 e. The summed E-state index contributed by atoms with van der Waals surface area (Å²) in [5.41, 5.74) is 7.06. The van der Waals surface area contributed by atoms with Crippen LogP contribution < -0.4 is 11.1 Å². The van der Waals surface area contributed by atoms with Crippen molar-refractivity contribution in [2.45, 2.75) is 20.3 Å². The van der Waals surface area contributed by atoms with Gasteiger partial charge in [-0.2, -0.15) is 0 Å². The smallest absolute Gasteiger partial charge is 0.225 e. The fourth-order valence-corrected chi connectivity index (χ4v) is 1.64. The molecule has 4 heteroatoms. The molecule has 0 radical (unpaired) electrons. The molecule has 0 bridgehead atoms. The molecule has 0 aliphatic heterocycles. The lowest BCUT2D eigenvalue weighted by molar-refractivity contribution is -0.116. The second-order valence-corrected chi connectivity index (χ2v) is 3.95. The third-order valence-corrected chi connectivity index (χ3v) is 2.72. The minimum absolute atomic E-state index is 0.0301. The fraction of sp³-hybridized carbons (Fsp3) is 0.462. The van der Waals surface area contributed by atoms with Crippen molar-refractivity contribution in [2.75, 3.05) is 30.7 Å². The zero-order valence-electron chi connectivity index (χ0n) is 10.6. The second kappa shape index (κ2) is 6.91. The SMILES string of the molecule is CCN(CC)CCC(=O)Nc1cccc(N)c1. The van der Waals surface area contributed by atoms with E-state index in [9.17, 15) is 4.79 Å². The van der Waals surface area contributed by atoms with E-state index in [-0.39, 0.29) is 5.91 Å². The van der Waals surface area contributed by atoms with Gasteiger partial charge in [-0.25, -0.2) is 0 Å². The Hall–Kier alpha value is -1.55. The summed E-state index contributed by atoms with van der Waals surface area (Å²) in [4.78, 5) is 13.9. The van der Waals surface area contributed by atoms with Gasteiger partial charge in [0.05, 0.1) is 0 Å². The van der Waals surface area contributed by atoms with Crippen molar-refractivity contribution < 1.29 is 4.79 Å². The number of nitrogen functional groups attached to an aromatic ring is 1. The Morgan fingerprint density at radius 2 is 2.06 bits per heavy atom. The standard InChI is InChI=1S/C13H21N3O/c1-3-16(4-2)9-8-13(17)15-12-7-5-6-11(14)10-12/h5-7,10H,3-4,8-9,14H2,1-2H3,(H,15,17). The number of nitrogens with one attached hydrogen (secondary N) is 1. The average Bonchev–Trinajstić information content (AvgIpc) is 2.30. The number of anilines is 2. The quantitative estimate of drug-likeness (QED) is 0.741. The van der Waals surface area contributed by atoms with E-state index in [0.717, 1.165) is 25.3 Å². The van der Waals surface area contributed by atoms with E-state index in [2.05, 4.69) is 24.1 Å². The lowest BCUT2D eigenvalue weighted by Crippen LogP contribution is -2.27. The van der Waals surface area contributed by atoms with E-state index in [0.29, 0.717) is 12.1 Å². The molecule has 0 spiro atoms. The molecule has 0 fully saturated rings. The van der Waals surface area contributed by atoms with Gasteiger partial charge in [0.25, 0.3) is 0 Å². The van der Waals surface area contributed by atoms with Crippen LogP contribution >= 0.6 is 0 Å². The van der Waals surface area contributed by atoms with Gasteiger partial charge in [0.15, 0.2) is 0 Å². The number of nitrogens with zero attached hydrogens (tertiary/aromatic N) is 1. The van der Waals surface area contributed by atoms with E-state index in [1.54, 1.807) is 12.1 Å². The lowest BCUT2D eigenvalue weighted by atomic mass is 10.2. The molecule has 0 unspecified atom stereocenters. The molecule has 1 aromatic carbocycles. The highest BCUT2D eigenvalue weighted by molar-refractivity contribution is 5.91. The fourth-order valence-electron chi connectivity index (χ4n) is 1.64. The summed E-state index contributed by atoms with van der Waals surface area (Å²) in [7, 11) is 0. The van der Waals surface area contributed by atoms with E-state index in [4.69, 9.17) is 5.73 Å². The minimum atomic E-state index is 0.0301. The summed E-state index contributed by atoms with van der Waals surface area (Å²) in [6, 6.07) is 7.22. The van der Waals surface area contributed by atoms with E-state index >= 15 is 0 Å². The molecule has 0 saturated carbocycles. The first-order valence-corrected chi connectivity index (χ1v) is 6.03. The maximum atomic E-state index is 11.7. The van der Waals surface area contributed by atoms with Crippen LogP contribution in [0, 0.1) is 0 Å². The first kappa shape index (κ1) is 13.5. The number of carbonyl (C=O) groups excluding carboxylic acids is 1. The van der Waals surface area contributed by atoms with Gasteiger partial charge in [-0.3, -0.25) is 4.79 Å². The van der Waals surface area contributed by atoms with E-state index < -0.39 is 0 Å². The number of amides is 1. The van der Waals surface area contributed by atoms with Gasteiger partial charge < -0.3 is 16.0 Å². The summed E-state index contributed by atoms with van der Waals surface area (Å²) in [5.74, 6) is 0.0301. The number of benzene rings is 1. The molecule has 1 aromatic rings. The number of hydrogen-bond donors (Lipinski definition) is 2. The molecule has 1 amide bonds. The molecule has 0 aromatic heterocycles. The third-order valence-electron chi connectivity index (χ3n) is 2.72. The van der Waals surface area contributed by atoms with Gasteiger partial charge >= 0.3 is 0 Å². The van der Waals surface area contributed by atoms with Crippen LogP contribution in [0.2, 0.25) is 0 Å². The molecule has 17 heavy (non-hydrogen) atoms. The summed E-state index contributed by atoms with van der Waals surface area (Å²) in [5, 5.41) is 2.84. The molecule has 1 rings (SSSR count). The molecule has 94 valence electrons. The molecule has 3 N–H and O–H groups in total. The van der Waals surface area contributed by atoms with Crippen molar-refractivity contribution in [1.82, 2.24) is 4.90 Å². The lowest BCUT2D eigenvalue weighted by Gasteiger charge is -2.17. The van der Waals surface area contributed by atoms with Crippen LogP contribution in [0.15, 0.2) is 24.3 Å². The van der Waals surface area contributed by atoms with Crippen LogP contribution in [0.1, 0.15) is 20.3 Å². The first-order valence-electron chi connectivity index (χ1n) is 6.03. The Labute approximate surface area is 103 Å². The van der Waals surface area contributed by atoms with Crippen molar-refractivity contribution in [3.63, 3.8) is 0 Å². The first-order chi connectivity index (χ1) is 8.15. The molecular formula is C13H21N3O. The Bertz CT molecular complexity index is 361. The number of rotatable bonds is 6. The number of hydrogen-bond acceptors (Lipinski definition) is 3. The van der Waals surface area contributed by atoms with Gasteiger partial charge in [0, 0.05) is 24.3 Å². The summed E-state index contributed by atoms with van der Waals surface area (Å²) in [6.07, 6.45) is 0.510. The predicted molar refractivity (Wildman–Crippen MR) is 71.9 cm³/mol. The number of nitrogens with two attached hydrogens (primary N) is 1. The van der Waals surface area contributed by atoms with Gasteiger partial charge in [-0.1, -0.05) is 19.9 Å². The summed E-state index contributed by atoms with van der Waals surface area (Å²) < 4.78 is 0. The molecule has 0 saturated heterocycles. The van der Waals surface area contributed by atoms with Crippen molar-refractivity contribution in [3.05, 3.63) is 24.3 Å². The van der Waals surface area contributed by atoms with Crippen molar-refractivity contribution in [1.29, 1.82) is 0 Å². The Balaban J connectivity index is 2.39. The molecule has 0 aliphatic carbocycles. The van der Waals surface area contributed by atoms with Gasteiger partial charge in [-0.05, 0) is 31.3 Å². The highest BCUT2D eigenvalue weighted by Crippen LogP contribution is 2.11. The van der Waals surface area contributed by atoms with Gasteiger partial charge in [-0.15, -0.1) is 0 Å². The maximum absolute atomic E-state index is 11.7.